The monoisotopic (exact) mass is 202 g/mol. The van der Waals surface area contributed by atoms with Crippen LogP contribution in [0, 0.1) is 0 Å². The minimum atomic E-state index is -0.975. The van der Waals surface area contributed by atoms with E-state index in [1.807, 2.05) is 0 Å². The Labute approximate surface area is 81.7 Å². The highest BCUT2D eigenvalue weighted by Gasteiger charge is 1.92. The van der Waals surface area contributed by atoms with Gasteiger partial charge in [-0.05, 0) is 0 Å². The van der Waals surface area contributed by atoms with Gasteiger partial charge in [-0.3, -0.25) is 4.79 Å². The number of nitrogens with two attached hydrogens (primary N) is 1. The van der Waals surface area contributed by atoms with Crippen LogP contribution in [0.25, 0.3) is 0 Å². The summed E-state index contributed by atoms with van der Waals surface area (Å²) in [6.07, 6.45) is 2.54. The average molecular weight is 202 g/mol. The van der Waals surface area contributed by atoms with Gasteiger partial charge in [0.05, 0.1) is 6.61 Å². The van der Waals surface area contributed by atoms with Gasteiger partial charge in [0.15, 0.2) is 0 Å². The molecule has 0 rings (SSSR count). The number of carboxylic acid groups (broad SMARTS) is 1. The van der Waals surface area contributed by atoms with Crippen molar-refractivity contribution in [2.24, 2.45) is 5.73 Å². The first-order valence-corrected chi connectivity index (χ1v) is 4.09. The zero-order valence-electron chi connectivity index (χ0n) is 7.73. The van der Waals surface area contributed by atoms with Gasteiger partial charge in [0.25, 0.3) is 0 Å². The molecule has 0 atom stereocenters. The summed E-state index contributed by atoms with van der Waals surface area (Å²) in [4.78, 5) is 20.2. The number of ether oxygens (including phenoxy) is 1. The molecule has 0 aromatic rings. The van der Waals surface area contributed by atoms with E-state index in [0.717, 1.165) is 6.08 Å². The molecule has 0 aliphatic carbocycles. The first kappa shape index (κ1) is 12.6. The number of rotatable bonds is 8. The Kier molecular flexibility index (Phi) is 7.39. The molecule has 0 radical (unpaired) electrons. The number of aliphatic carboxylic acids is 1. The Morgan fingerprint density at radius 1 is 1.50 bits per heavy atom. The lowest BCUT2D eigenvalue weighted by Gasteiger charge is -2.01. The number of hydrogen-bond acceptors (Lipinski definition) is 4. The zero-order valence-corrected chi connectivity index (χ0v) is 7.73. The van der Waals surface area contributed by atoms with Crippen molar-refractivity contribution in [2.75, 3.05) is 26.3 Å². The van der Waals surface area contributed by atoms with E-state index in [4.69, 9.17) is 15.6 Å². The van der Waals surface area contributed by atoms with Crippen LogP contribution in [-0.4, -0.2) is 43.3 Å². The van der Waals surface area contributed by atoms with Crippen molar-refractivity contribution in [1.82, 2.24) is 5.32 Å². The molecule has 0 aliphatic rings. The van der Waals surface area contributed by atoms with Crippen molar-refractivity contribution in [3.63, 3.8) is 0 Å². The van der Waals surface area contributed by atoms with Gasteiger partial charge < -0.3 is 20.9 Å². The van der Waals surface area contributed by atoms with Crippen molar-refractivity contribution in [2.45, 2.75) is 0 Å². The molecule has 0 saturated carbocycles. The standard InChI is InChI=1S/C8H14N2O4/c9-7(11)6-14-5-4-10-3-1-2-8(12)13/h1-2,10H,3-6H2,(H2,9,11)(H,12,13)/b2-1+. The van der Waals surface area contributed by atoms with Crippen molar-refractivity contribution < 1.29 is 19.4 Å². The van der Waals surface area contributed by atoms with E-state index >= 15 is 0 Å². The fraction of sp³-hybridized carbons (Fsp3) is 0.500. The Hall–Kier alpha value is -1.40. The molecule has 0 bridgehead atoms. The van der Waals surface area contributed by atoms with Gasteiger partial charge in [-0.25, -0.2) is 4.79 Å². The summed E-state index contributed by atoms with van der Waals surface area (Å²) in [5.41, 5.74) is 4.83. The van der Waals surface area contributed by atoms with E-state index < -0.39 is 11.9 Å². The maximum atomic E-state index is 10.2. The lowest BCUT2D eigenvalue weighted by molar-refractivity contribution is -0.131. The van der Waals surface area contributed by atoms with Crippen LogP contribution >= 0.6 is 0 Å². The van der Waals surface area contributed by atoms with E-state index in [2.05, 4.69) is 5.32 Å². The highest BCUT2D eigenvalue weighted by atomic mass is 16.5. The third kappa shape index (κ3) is 10.6. The van der Waals surface area contributed by atoms with Crippen LogP contribution in [0.15, 0.2) is 12.2 Å². The van der Waals surface area contributed by atoms with E-state index in [1.165, 1.54) is 6.08 Å². The largest absolute Gasteiger partial charge is 0.478 e. The number of primary amides is 1. The second-order valence-electron chi connectivity index (χ2n) is 2.46. The fourth-order valence-corrected chi connectivity index (χ4v) is 0.662. The molecule has 6 heteroatoms. The molecular formula is C8H14N2O4. The normalized spacial score (nSPS) is 10.6. The van der Waals surface area contributed by atoms with Crippen molar-refractivity contribution >= 4 is 11.9 Å². The van der Waals surface area contributed by atoms with E-state index in [0.29, 0.717) is 19.7 Å². The number of carboxylic acids is 1. The molecule has 0 unspecified atom stereocenters. The third-order valence-electron chi connectivity index (χ3n) is 1.19. The van der Waals surface area contributed by atoms with Gasteiger partial charge in [-0.1, -0.05) is 6.08 Å². The van der Waals surface area contributed by atoms with Gasteiger partial charge in [-0.2, -0.15) is 0 Å². The molecule has 0 fully saturated rings. The number of carbonyl (C=O) groups is 2. The minimum Gasteiger partial charge on any atom is -0.478 e. The molecule has 0 aromatic carbocycles. The molecule has 0 spiro atoms. The Morgan fingerprint density at radius 3 is 2.79 bits per heavy atom. The molecule has 0 aliphatic heterocycles. The molecular weight excluding hydrogens is 188 g/mol. The maximum absolute atomic E-state index is 10.2. The number of carbonyl (C=O) groups excluding carboxylic acids is 1. The Bertz CT molecular complexity index is 215. The van der Waals surface area contributed by atoms with Crippen LogP contribution in [-0.2, 0) is 14.3 Å². The van der Waals surface area contributed by atoms with Crippen LogP contribution < -0.4 is 11.1 Å². The molecule has 80 valence electrons. The predicted octanol–water partition coefficient (Wildman–Crippen LogP) is -1.28. The van der Waals surface area contributed by atoms with Gasteiger partial charge in [-0.15, -0.1) is 0 Å². The van der Waals surface area contributed by atoms with Crippen molar-refractivity contribution in [3.8, 4) is 0 Å². The number of amides is 1. The first-order chi connectivity index (χ1) is 6.63. The smallest absolute Gasteiger partial charge is 0.328 e. The van der Waals surface area contributed by atoms with Crippen molar-refractivity contribution in [1.29, 1.82) is 0 Å². The van der Waals surface area contributed by atoms with Crippen LogP contribution in [0.4, 0.5) is 0 Å². The summed E-state index contributed by atoms with van der Waals surface area (Å²) >= 11 is 0. The topological polar surface area (TPSA) is 102 Å². The van der Waals surface area contributed by atoms with Crippen molar-refractivity contribution in [3.05, 3.63) is 12.2 Å². The SMILES string of the molecule is NC(=O)COCCNC/C=C/C(=O)O. The molecule has 1 amide bonds. The van der Waals surface area contributed by atoms with Crippen LogP contribution in [0.1, 0.15) is 0 Å². The second-order valence-corrected chi connectivity index (χ2v) is 2.46. The lowest BCUT2D eigenvalue weighted by atomic mass is 10.5. The molecule has 0 saturated heterocycles. The molecule has 0 heterocycles. The Balaban J connectivity index is 3.14. The zero-order chi connectivity index (χ0) is 10.8. The maximum Gasteiger partial charge on any atom is 0.328 e. The highest BCUT2D eigenvalue weighted by molar-refractivity contribution is 5.79. The Morgan fingerprint density at radius 2 is 2.21 bits per heavy atom. The summed E-state index contributed by atoms with van der Waals surface area (Å²) in [6.45, 7) is 1.26. The van der Waals surface area contributed by atoms with Gasteiger partial charge in [0, 0.05) is 19.2 Å². The quantitative estimate of drug-likeness (QED) is 0.336. The van der Waals surface area contributed by atoms with Crippen LogP contribution in [0.2, 0.25) is 0 Å². The fourth-order valence-electron chi connectivity index (χ4n) is 0.662. The van der Waals surface area contributed by atoms with E-state index in [9.17, 15) is 9.59 Å². The molecule has 4 N–H and O–H groups in total. The first-order valence-electron chi connectivity index (χ1n) is 4.09. The summed E-state index contributed by atoms with van der Waals surface area (Å²) < 4.78 is 4.85. The number of nitrogens with one attached hydrogen (secondary N) is 1. The summed E-state index contributed by atoms with van der Waals surface area (Å²) in [7, 11) is 0. The van der Waals surface area contributed by atoms with Crippen LogP contribution in [0.3, 0.4) is 0 Å². The number of hydrogen-bond donors (Lipinski definition) is 3. The van der Waals surface area contributed by atoms with Gasteiger partial charge in [0.2, 0.25) is 5.91 Å². The molecule has 0 aromatic heterocycles. The average Bonchev–Trinajstić information content (AvgIpc) is 2.08. The van der Waals surface area contributed by atoms with E-state index in [1.54, 1.807) is 0 Å². The molecule has 14 heavy (non-hydrogen) atoms. The molecule has 6 nitrogen and oxygen atoms in total. The predicted molar refractivity (Wildman–Crippen MR) is 49.7 cm³/mol. The third-order valence-corrected chi connectivity index (χ3v) is 1.19. The summed E-state index contributed by atoms with van der Waals surface area (Å²) in [6, 6.07) is 0. The second kappa shape index (κ2) is 8.21. The summed E-state index contributed by atoms with van der Waals surface area (Å²) in [5.74, 6) is -1.48. The highest BCUT2D eigenvalue weighted by Crippen LogP contribution is 1.73. The van der Waals surface area contributed by atoms with Crippen LogP contribution in [0.5, 0.6) is 0 Å². The lowest BCUT2D eigenvalue weighted by Crippen LogP contribution is -2.24. The summed E-state index contributed by atoms with van der Waals surface area (Å²) in [5, 5.41) is 11.1. The van der Waals surface area contributed by atoms with Gasteiger partial charge in [0.1, 0.15) is 6.61 Å². The minimum absolute atomic E-state index is 0.0906. The van der Waals surface area contributed by atoms with E-state index in [-0.39, 0.29) is 6.61 Å². The van der Waals surface area contributed by atoms with Gasteiger partial charge >= 0.3 is 5.97 Å².